The largest absolute Gasteiger partial charge is 0.366 e. The Balaban J connectivity index is 2.08. The average molecular weight is 240 g/mol. The van der Waals surface area contributed by atoms with E-state index in [4.69, 9.17) is 11.6 Å². The second kappa shape index (κ2) is 4.53. The molecule has 0 spiro atoms. The van der Waals surface area contributed by atoms with Gasteiger partial charge in [0.1, 0.15) is 11.6 Å². The van der Waals surface area contributed by atoms with E-state index >= 15 is 0 Å². The van der Waals surface area contributed by atoms with Crippen LogP contribution in [0, 0.1) is 5.82 Å². The molecule has 1 aromatic carbocycles. The molecule has 0 unspecified atom stereocenters. The highest BCUT2D eigenvalue weighted by molar-refractivity contribution is 6.31. The van der Waals surface area contributed by atoms with E-state index in [0.717, 1.165) is 11.4 Å². The van der Waals surface area contributed by atoms with Gasteiger partial charge in [0.05, 0.1) is 6.20 Å². The van der Waals surface area contributed by atoms with E-state index in [0.29, 0.717) is 11.6 Å². The summed E-state index contributed by atoms with van der Waals surface area (Å²) in [6.07, 6.45) is 1.70. The van der Waals surface area contributed by atoms with Gasteiger partial charge in [0, 0.05) is 24.7 Å². The first kappa shape index (κ1) is 11.0. The van der Waals surface area contributed by atoms with Crippen LogP contribution in [0.15, 0.2) is 30.5 Å². The molecule has 0 bridgehead atoms. The van der Waals surface area contributed by atoms with Crippen LogP contribution in [0.2, 0.25) is 5.02 Å². The molecule has 0 aliphatic carbocycles. The van der Waals surface area contributed by atoms with E-state index in [1.165, 1.54) is 12.1 Å². The molecule has 1 heterocycles. The number of hydrogen-bond donors (Lipinski definition) is 1. The lowest BCUT2D eigenvalue weighted by Crippen LogP contribution is -2.05. The summed E-state index contributed by atoms with van der Waals surface area (Å²) in [6.45, 7) is 0.540. The Morgan fingerprint density at radius 1 is 1.44 bits per heavy atom. The summed E-state index contributed by atoms with van der Waals surface area (Å²) in [4.78, 5) is 0. The summed E-state index contributed by atoms with van der Waals surface area (Å²) < 4.78 is 14.5. The third-order valence-corrected chi connectivity index (χ3v) is 2.65. The lowest BCUT2D eigenvalue weighted by molar-refractivity contribution is 0.627. The fourth-order valence-electron chi connectivity index (χ4n) is 1.40. The van der Waals surface area contributed by atoms with E-state index in [2.05, 4.69) is 10.4 Å². The molecule has 0 amide bonds. The van der Waals surface area contributed by atoms with Crippen LogP contribution in [0.25, 0.3) is 0 Å². The molecule has 5 heteroatoms. The fourth-order valence-corrected chi connectivity index (χ4v) is 1.63. The predicted molar refractivity (Wildman–Crippen MR) is 61.9 cm³/mol. The quantitative estimate of drug-likeness (QED) is 0.893. The highest BCUT2D eigenvalue weighted by Gasteiger charge is 2.03. The molecule has 3 nitrogen and oxygen atoms in total. The first-order chi connectivity index (χ1) is 7.66. The van der Waals surface area contributed by atoms with Crippen molar-refractivity contribution in [3.8, 4) is 0 Å². The summed E-state index contributed by atoms with van der Waals surface area (Å²) in [5.41, 5.74) is 0.851. The van der Waals surface area contributed by atoms with Crippen molar-refractivity contribution in [1.82, 2.24) is 9.78 Å². The topological polar surface area (TPSA) is 29.9 Å². The maximum atomic E-state index is 12.8. The van der Waals surface area contributed by atoms with Gasteiger partial charge in [-0.25, -0.2) is 4.39 Å². The maximum absolute atomic E-state index is 12.8. The first-order valence-corrected chi connectivity index (χ1v) is 5.20. The molecule has 0 aliphatic rings. The summed E-state index contributed by atoms with van der Waals surface area (Å²) in [5, 5.41) is 7.62. The standard InChI is InChI=1S/C11H11ClFN3/c1-16-11(4-5-15-16)14-7-8-2-3-9(13)6-10(8)12/h2-6,14H,7H2,1H3. The number of aromatic nitrogens is 2. The molecule has 1 N–H and O–H groups in total. The second-order valence-electron chi connectivity index (χ2n) is 3.43. The SMILES string of the molecule is Cn1nccc1NCc1ccc(F)cc1Cl. The summed E-state index contributed by atoms with van der Waals surface area (Å²) >= 11 is 5.91. The molecular formula is C11H11ClFN3. The number of aryl methyl sites for hydroxylation is 1. The van der Waals surface area contributed by atoms with Crippen LogP contribution in [0.3, 0.4) is 0 Å². The molecule has 0 radical (unpaired) electrons. The lowest BCUT2D eigenvalue weighted by Gasteiger charge is -2.07. The van der Waals surface area contributed by atoms with Gasteiger partial charge in [0.25, 0.3) is 0 Å². The number of rotatable bonds is 3. The Kier molecular flexibility index (Phi) is 3.10. The van der Waals surface area contributed by atoms with Crippen molar-refractivity contribution < 1.29 is 4.39 Å². The summed E-state index contributed by atoms with van der Waals surface area (Å²) in [6, 6.07) is 6.23. The van der Waals surface area contributed by atoms with Crippen LogP contribution in [0.1, 0.15) is 5.56 Å². The van der Waals surface area contributed by atoms with Crippen molar-refractivity contribution in [1.29, 1.82) is 0 Å². The van der Waals surface area contributed by atoms with Crippen molar-refractivity contribution >= 4 is 17.4 Å². The monoisotopic (exact) mass is 239 g/mol. The average Bonchev–Trinajstić information content (AvgIpc) is 2.63. The first-order valence-electron chi connectivity index (χ1n) is 4.82. The Hall–Kier alpha value is -1.55. The van der Waals surface area contributed by atoms with E-state index in [1.54, 1.807) is 16.9 Å². The summed E-state index contributed by atoms with van der Waals surface area (Å²) in [7, 11) is 1.84. The van der Waals surface area contributed by atoms with Crippen LogP contribution in [0.5, 0.6) is 0 Å². The van der Waals surface area contributed by atoms with Crippen molar-refractivity contribution in [3.05, 3.63) is 46.9 Å². The zero-order chi connectivity index (χ0) is 11.5. The maximum Gasteiger partial charge on any atom is 0.124 e. The van der Waals surface area contributed by atoms with Gasteiger partial charge in [-0.15, -0.1) is 0 Å². The molecule has 1 aromatic heterocycles. The van der Waals surface area contributed by atoms with Gasteiger partial charge in [-0.2, -0.15) is 5.10 Å². The molecule has 0 aliphatic heterocycles. The normalized spacial score (nSPS) is 10.4. The van der Waals surface area contributed by atoms with Crippen LogP contribution in [-0.2, 0) is 13.6 Å². The van der Waals surface area contributed by atoms with Crippen molar-refractivity contribution in [2.75, 3.05) is 5.32 Å². The Labute approximate surface area is 97.8 Å². The van der Waals surface area contributed by atoms with Gasteiger partial charge in [-0.1, -0.05) is 17.7 Å². The van der Waals surface area contributed by atoms with E-state index < -0.39 is 0 Å². The summed E-state index contributed by atoms with van der Waals surface area (Å²) in [5.74, 6) is 0.565. The fraction of sp³-hybridized carbons (Fsp3) is 0.182. The van der Waals surface area contributed by atoms with Crippen molar-refractivity contribution in [2.45, 2.75) is 6.54 Å². The molecule has 0 saturated carbocycles. The van der Waals surface area contributed by atoms with Gasteiger partial charge in [0.2, 0.25) is 0 Å². The third-order valence-electron chi connectivity index (χ3n) is 2.30. The second-order valence-corrected chi connectivity index (χ2v) is 3.84. The molecule has 0 saturated heterocycles. The van der Waals surface area contributed by atoms with E-state index in [-0.39, 0.29) is 5.82 Å². The van der Waals surface area contributed by atoms with Gasteiger partial charge in [-0.3, -0.25) is 4.68 Å². The van der Waals surface area contributed by atoms with Crippen LogP contribution >= 0.6 is 11.6 Å². The van der Waals surface area contributed by atoms with Gasteiger partial charge >= 0.3 is 0 Å². The van der Waals surface area contributed by atoms with Crippen LogP contribution < -0.4 is 5.32 Å². The molecule has 0 atom stereocenters. The van der Waals surface area contributed by atoms with Crippen molar-refractivity contribution in [3.63, 3.8) is 0 Å². The lowest BCUT2D eigenvalue weighted by atomic mass is 10.2. The molecule has 84 valence electrons. The third kappa shape index (κ3) is 2.33. The van der Waals surface area contributed by atoms with Crippen LogP contribution in [0.4, 0.5) is 10.2 Å². The highest BCUT2D eigenvalue weighted by atomic mass is 35.5. The minimum Gasteiger partial charge on any atom is -0.366 e. The highest BCUT2D eigenvalue weighted by Crippen LogP contribution is 2.18. The Bertz CT molecular complexity index is 496. The minimum atomic E-state index is -0.325. The molecule has 2 rings (SSSR count). The number of anilines is 1. The molecule has 0 fully saturated rings. The molecule has 16 heavy (non-hydrogen) atoms. The Morgan fingerprint density at radius 2 is 2.25 bits per heavy atom. The predicted octanol–water partition coefficient (Wildman–Crippen LogP) is 2.82. The minimum absolute atomic E-state index is 0.325. The van der Waals surface area contributed by atoms with Gasteiger partial charge < -0.3 is 5.32 Å². The number of nitrogens with zero attached hydrogens (tertiary/aromatic N) is 2. The molecule has 2 aromatic rings. The van der Waals surface area contributed by atoms with Crippen LogP contribution in [-0.4, -0.2) is 9.78 Å². The Morgan fingerprint density at radius 3 is 2.88 bits per heavy atom. The number of benzene rings is 1. The van der Waals surface area contributed by atoms with E-state index in [1.807, 2.05) is 13.1 Å². The zero-order valence-electron chi connectivity index (χ0n) is 8.74. The molecular weight excluding hydrogens is 229 g/mol. The van der Waals surface area contributed by atoms with Gasteiger partial charge in [-0.05, 0) is 17.7 Å². The number of nitrogens with one attached hydrogen (secondary N) is 1. The van der Waals surface area contributed by atoms with Gasteiger partial charge in [0.15, 0.2) is 0 Å². The number of halogens is 2. The smallest absolute Gasteiger partial charge is 0.124 e. The van der Waals surface area contributed by atoms with Crippen molar-refractivity contribution in [2.24, 2.45) is 7.05 Å². The zero-order valence-corrected chi connectivity index (χ0v) is 9.50. The van der Waals surface area contributed by atoms with E-state index in [9.17, 15) is 4.39 Å². The number of hydrogen-bond acceptors (Lipinski definition) is 2.